The highest BCUT2D eigenvalue weighted by Crippen LogP contribution is 2.30. The molecule has 20 heavy (non-hydrogen) atoms. The Balaban J connectivity index is 0.000000612. The maximum absolute atomic E-state index is 11.8. The van der Waals surface area contributed by atoms with E-state index >= 15 is 0 Å². The van der Waals surface area contributed by atoms with E-state index in [1.54, 1.807) is 13.8 Å². The molecule has 7 heteroatoms. The van der Waals surface area contributed by atoms with Gasteiger partial charge in [-0.05, 0) is 26.7 Å². The summed E-state index contributed by atoms with van der Waals surface area (Å²) in [6.45, 7) is 3.78. The fraction of sp³-hybridized carbons (Fsp3) is 0.462. The van der Waals surface area contributed by atoms with Crippen LogP contribution in [-0.2, 0) is 25.5 Å². The summed E-state index contributed by atoms with van der Waals surface area (Å²) in [5.74, 6) is -0.385. The van der Waals surface area contributed by atoms with Gasteiger partial charge in [0.2, 0.25) is 0 Å². The van der Waals surface area contributed by atoms with Gasteiger partial charge in [-0.25, -0.2) is 4.79 Å². The molecule has 0 saturated heterocycles. The molecule has 1 aliphatic heterocycles. The molecule has 1 aromatic rings. The lowest BCUT2D eigenvalue weighted by molar-refractivity contribution is -0.191. The Hall–Kier alpha value is -2.40. The second kappa shape index (κ2) is 6.68. The molecule has 2 rings (SSSR count). The molecule has 0 aliphatic carbocycles. The van der Waals surface area contributed by atoms with Crippen LogP contribution in [0.4, 0.5) is 0 Å². The highest BCUT2D eigenvalue weighted by molar-refractivity contribution is 5.75. The normalized spacial score (nSPS) is 15.6. The Morgan fingerprint density at radius 2 is 2.15 bits per heavy atom. The molecule has 108 valence electrons. The van der Waals surface area contributed by atoms with Crippen LogP contribution in [-0.4, -0.2) is 28.4 Å². The smallest absolute Gasteiger partial charge is 0.373 e. The predicted molar refractivity (Wildman–Crippen MR) is 66.1 cm³/mol. The Bertz CT molecular complexity index is 598. The summed E-state index contributed by atoms with van der Waals surface area (Å²) in [4.78, 5) is 39.8. The zero-order valence-corrected chi connectivity index (χ0v) is 11.2. The minimum absolute atomic E-state index is 0.00856. The van der Waals surface area contributed by atoms with Crippen LogP contribution in [0.25, 0.3) is 0 Å². The van der Waals surface area contributed by atoms with Crippen molar-refractivity contribution in [2.45, 2.75) is 32.7 Å². The summed E-state index contributed by atoms with van der Waals surface area (Å²) >= 11 is 0. The van der Waals surface area contributed by atoms with E-state index in [2.05, 4.69) is 0 Å². The van der Waals surface area contributed by atoms with Crippen LogP contribution in [0.2, 0.25) is 0 Å². The molecule has 1 N–H and O–H groups in total. The molecule has 0 bridgehead atoms. The summed E-state index contributed by atoms with van der Waals surface area (Å²) < 4.78 is 6.38. The fourth-order valence-electron chi connectivity index (χ4n) is 2.27. The van der Waals surface area contributed by atoms with Crippen molar-refractivity contribution in [2.24, 2.45) is 0 Å². The molecule has 0 aromatic carbocycles. The molecule has 1 unspecified atom stereocenters. The Labute approximate surface area is 114 Å². The van der Waals surface area contributed by atoms with Gasteiger partial charge in [0, 0.05) is 17.3 Å². The molecule has 0 amide bonds. The van der Waals surface area contributed by atoms with Gasteiger partial charge in [-0.1, -0.05) is 0 Å². The Morgan fingerprint density at radius 3 is 2.70 bits per heavy atom. The third kappa shape index (κ3) is 2.95. The SMILES string of the molecule is CCOC(=O)C1CCc2c(C)c(O)cc(=O)n21.O=C=O. The predicted octanol–water partition coefficient (Wildman–Crippen LogP) is 0.329. The first-order chi connectivity index (χ1) is 9.47. The monoisotopic (exact) mass is 281 g/mol. The number of hydrogen-bond acceptors (Lipinski definition) is 6. The first-order valence-electron chi connectivity index (χ1n) is 6.07. The first kappa shape index (κ1) is 15.7. The van der Waals surface area contributed by atoms with E-state index in [9.17, 15) is 14.7 Å². The standard InChI is InChI=1S/C12H15NO4.CO2/c1-3-17-12(16)9-5-4-8-7(2)10(14)6-11(15)13(8)9;2-1-3/h6,9,14H,3-5H2,1-2H3;. The lowest BCUT2D eigenvalue weighted by atomic mass is 10.1. The summed E-state index contributed by atoms with van der Waals surface area (Å²) in [6.07, 6.45) is 1.41. The van der Waals surface area contributed by atoms with E-state index in [0.29, 0.717) is 25.0 Å². The minimum Gasteiger partial charge on any atom is -0.507 e. The van der Waals surface area contributed by atoms with E-state index in [1.807, 2.05) is 0 Å². The maximum Gasteiger partial charge on any atom is 0.373 e. The third-order valence-electron chi connectivity index (χ3n) is 3.13. The number of aromatic hydroxyl groups is 1. The number of esters is 1. The number of pyridine rings is 1. The van der Waals surface area contributed by atoms with Crippen molar-refractivity contribution >= 4 is 12.1 Å². The van der Waals surface area contributed by atoms with E-state index in [-0.39, 0.29) is 23.4 Å². The molecule has 2 heterocycles. The van der Waals surface area contributed by atoms with E-state index < -0.39 is 6.04 Å². The summed E-state index contributed by atoms with van der Waals surface area (Å²) in [6, 6.07) is 0.605. The van der Waals surface area contributed by atoms with Crippen molar-refractivity contribution in [1.29, 1.82) is 0 Å². The van der Waals surface area contributed by atoms with E-state index in [4.69, 9.17) is 14.3 Å². The number of fused-ring (bicyclic) bond motifs is 1. The van der Waals surface area contributed by atoms with Crippen LogP contribution in [0.15, 0.2) is 10.9 Å². The quantitative estimate of drug-likeness (QED) is 0.783. The zero-order chi connectivity index (χ0) is 15.3. The molecular weight excluding hydrogens is 266 g/mol. The van der Waals surface area contributed by atoms with Gasteiger partial charge in [-0.2, -0.15) is 9.59 Å². The number of ether oxygens (including phenoxy) is 1. The molecule has 0 fully saturated rings. The topological polar surface area (TPSA) is 103 Å². The molecule has 0 spiro atoms. The molecule has 1 atom stereocenters. The van der Waals surface area contributed by atoms with Crippen LogP contribution < -0.4 is 5.56 Å². The highest BCUT2D eigenvalue weighted by Gasteiger charge is 2.32. The van der Waals surface area contributed by atoms with Crippen LogP contribution in [0.3, 0.4) is 0 Å². The molecule has 0 radical (unpaired) electrons. The largest absolute Gasteiger partial charge is 0.507 e. The van der Waals surface area contributed by atoms with Gasteiger partial charge in [-0.15, -0.1) is 0 Å². The van der Waals surface area contributed by atoms with Crippen molar-refractivity contribution < 1.29 is 24.2 Å². The van der Waals surface area contributed by atoms with Crippen molar-refractivity contribution in [3.63, 3.8) is 0 Å². The summed E-state index contributed by atoms with van der Waals surface area (Å²) in [5.41, 5.74) is 1.04. The van der Waals surface area contributed by atoms with Gasteiger partial charge >= 0.3 is 12.1 Å². The number of carbonyl (C=O) groups is 1. The van der Waals surface area contributed by atoms with Crippen molar-refractivity contribution in [2.75, 3.05) is 6.61 Å². The van der Waals surface area contributed by atoms with Crippen LogP contribution in [0.5, 0.6) is 5.75 Å². The van der Waals surface area contributed by atoms with Crippen LogP contribution >= 0.6 is 0 Å². The van der Waals surface area contributed by atoms with Crippen molar-refractivity contribution in [3.05, 3.63) is 27.7 Å². The van der Waals surface area contributed by atoms with Gasteiger partial charge in [0.15, 0.2) is 0 Å². The van der Waals surface area contributed by atoms with Crippen molar-refractivity contribution in [1.82, 2.24) is 4.57 Å². The molecule has 1 aliphatic rings. The average molecular weight is 281 g/mol. The lowest BCUT2D eigenvalue weighted by Gasteiger charge is -2.14. The zero-order valence-electron chi connectivity index (χ0n) is 11.2. The molecular formula is C13H15NO6. The van der Waals surface area contributed by atoms with E-state index in [1.165, 1.54) is 4.57 Å². The summed E-state index contributed by atoms with van der Waals surface area (Å²) in [5, 5.41) is 9.56. The van der Waals surface area contributed by atoms with Gasteiger partial charge in [0.1, 0.15) is 11.8 Å². The number of carbonyl (C=O) groups excluding carboxylic acids is 3. The number of nitrogens with zero attached hydrogens (tertiary/aromatic N) is 1. The highest BCUT2D eigenvalue weighted by atomic mass is 16.5. The van der Waals surface area contributed by atoms with Gasteiger partial charge in [0.05, 0.1) is 6.61 Å². The van der Waals surface area contributed by atoms with Gasteiger partial charge < -0.3 is 9.84 Å². The third-order valence-corrected chi connectivity index (χ3v) is 3.13. The van der Waals surface area contributed by atoms with Crippen molar-refractivity contribution in [3.8, 4) is 5.75 Å². The Kier molecular flexibility index (Phi) is 5.23. The maximum atomic E-state index is 11.8. The number of aromatic nitrogens is 1. The van der Waals surface area contributed by atoms with E-state index in [0.717, 1.165) is 11.8 Å². The van der Waals surface area contributed by atoms with Gasteiger partial charge in [0.25, 0.3) is 5.56 Å². The molecule has 7 nitrogen and oxygen atoms in total. The minimum atomic E-state index is -0.545. The van der Waals surface area contributed by atoms with Crippen LogP contribution in [0, 0.1) is 6.92 Å². The Morgan fingerprint density at radius 1 is 1.55 bits per heavy atom. The molecule has 0 saturated carbocycles. The second-order valence-electron chi connectivity index (χ2n) is 4.20. The summed E-state index contributed by atoms with van der Waals surface area (Å²) in [7, 11) is 0. The fourth-order valence-corrected chi connectivity index (χ4v) is 2.27. The lowest BCUT2D eigenvalue weighted by Crippen LogP contribution is -2.28. The number of hydrogen-bond donors (Lipinski definition) is 1. The van der Waals surface area contributed by atoms with Crippen LogP contribution in [0.1, 0.15) is 30.6 Å². The number of rotatable bonds is 2. The molecule has 1 aromatic heterocycles. The first-order valence-corrected chi connectivity index (χ1v) is 6.07. The second-order valence-corrected chi connectivity index (χ2v) is 4.20. The van der Waals surface area contributed by atoms with Gasteiger partial charge in [-0.3, -0.25) is 9.36 Å². The average Bonchev–Trinajstić information content (AvgIpc) is 2.82.